The summed E-state index contributed by atoms with van der Waals surface area (Å²) in [4.78, 5) is 11.3. The van der Waals surface area contributed by atoms with Gasteiger partial charge in [-0.25, -0.2) is 4.79 Å². The fraction of sp³-hybridized carbons (Fsp3) is 0.727. The molecule has 0 rings (SSSR count). The highest BCUT2D eigenvalue weighted by molar-refractivity contribution is 6.60. The van der Waals surface area contributed by atoms with Crippen LogP contribution in [0.4, 0.5) is 0 Å². The first-order valence-corrected chi connectivity index (χ1v) is 7.73. The molecule has 0 radical (unpaired) electrons. The summed E-state index contributed by atoms with van der Waals surface area (Å²) >= 11 is 0. The molecule has 0 amide bonds. The molecule has 0 N–H and O–H groups in total. The van der Waals surface area contributed by atoms with Gasteiger partial charge in [-0.05, 0) is 13.3 Å². The van der Waals surface area contributed by atoms with Crippen LogP contribution in [0.5, 0.6) is 0 Å². The molecule has 0 aromatic heterocycles. The lowest BCUT2D eigenvalue weighted by atomic mass is 10.4. The number of esters is 1. The second-order valence-electron chi connectivity index (χ2n) is 3.71. The van der Waals surface area contributed by atoms with Crippen LogP contribution < -0.4 is 0 Å². The van der Waals surface area contributed by atoms with Crippen molar-refractivity contribution in [3.8, 4) is 0 Å². The zero-order chi connectivity index (χ0) is 11.1. The Morgan fingerprint density at radius 2 is 1.86 bits per heavy atom. The zero-order valence-electron chi connectivity index (χ0n) is 9.80. The van der Waals surface area contributed by atoms with Gasteiger partial charge in [0.15, 0.2) is 0 Å². The lowest BCUT2D eigenvalue weighted by molar-refractivity contribution is -0.141. The Hall–Kier alpha value is -0.573. The predicted molar refractivity (Wildman–Crippen MR) is 63.1 cm³/mol. The quantitative estimate of drug-likeness (QED) is 0.386. The molecule has 0 aromatic rings. The van der Waals surface area contributed by atoms with E-state index in [0.29, 0.717) is 5.57 Å². The summed E-state index contributed by atoms with van der Waals surface area (Å²) in [5.74, 6) is -0.226. The van der Waals surface area contributed by atoms with Crippen LogP contribution in [0.1, 0.15) is 34.1 Å². The molecule has 0 bridgehead atoms. The topological polar surface area (TPSA) is 26.3 Å². The van der Waals surface area contributed by atoms with Crippen molar-refractivity contribution in [2.45, 2.75) is 51.9 Å². The van der Waals surface area contributed by atoms with Gasteiger partial charge in [-0.3, -0.25) is 0 Å². The Morgan fingerprint density at radius 3 is 2.14 bits per heavy atom. The van der Waals surface area contributed by atoms with Gasteiger partial charge in [0.2, 0.25) is 0 Å². The highest BCUT2D eigenvalue weighted by Gasteiger charge is 2.22. The molecule has 3 heteroatoms. The summed E-state index contributed by atoms with van der Waals surface area (Å²) in [7, 11) is -0.889. The Bertz CT molecular complexity index is 197. The van der Waals surface area contributed by atoms with E-state index in [0.717, 1.165) is 6.42 Å². The summed E-state index contributed by atoms with van der Waals surface area (Å²) in [5, 5.41) is 0. The van der Waals surface area contributed by atoms with Gasteiger partial charge in [-0.15, -0.1) is 0 Å². The molecule has 0 spiro atoms. The molecule has 0 aliphatic carbocycles. The van der Waals surface area contributed by atoms with E-state index in [-0.39, 0.29) is 11.7 Å². The maximum Gasteiger partial charge on any atom is 0.333 e. The maximum atomic E-state index is 11.3. The molecular formula is C11H22O2Si. The Morgan fingerprint density at radius 1 is 1.36 bits per heavy atom. The number of ether oxygens (including phenoxy) is 1. The third-order valence-corrected chi connectivity index (χ3v) is 6.34. The van der Waals surface area contributed by atoms with E-state index >= 15 is 0 Å². The molecule has 0 fully saturated rings. The third-order valence-electron chi connectivity index (χ3n) is 2.58. The van der Waals surface area contributed by atoms with Crippen LogP contribution in [0.2, 0.25) is 12.1 Å². The molecule has 1 atom stereocenters. The van der Waals surface area contributed by atoms with Gasteiger partial charge in [-0.2, -0.15) is 0 Å². The standard InChI is InChI=1S/C11H22O2Si/c1-6-10(14(7-2)8-3)13-11(12)9(4)5/h10,14H,4,6-8H2,1-3,5H3. The van der Waals surface area contributed by atoms with Gasteiger partial charge >= 0.3 is 5.97 Å². The highest BCUT2D eigenvalue weighted by atomic mass is 28.3. The van der Waals surface area contributed by atoms with Crippen LogP contribution in [0.25, 0.3) is 0 Å². The number of carbonyl (C=O) groups excluding carboxylic acids is 1. The van der Waals surface area contributed by atoms with Crippen LogP contribution >= 0.6 is 0 Å². The lowest BCUT2D eigenvalue weighted by Crippen LogP contribution is -2.33. The molecule has 82 valence electrons. The minimum atomic E-state index is -0.889. The molecule has 0 aliphatic rings. The number of rotatable bonds is 6. The SMILES string of the molecule is C=C(C)C(=O)OC(CC)[SiH](CC)CC. The van der Waals surface area contributed by atoms with Gasteiger partial charge in [0, 0.05) is 5.57 Å². The summed E-state index contributed by atoms with van der Waals surface area (Å²) in [6.07, 6.45) is 0.942. The van der Waals surface area contributed by atoms with Crippen LogP contribution in [0.15, 0.2) is 12.2 Å². The van der Waals surface area contributed by atoms with E-state index in [1.165, 1.54) is 12.1 Å². The van der Waals surface area contributed by atoms with E-state index in [9.17, 15) is 4.79 Å². The van der Waals surface area contributed by atoms with Crippen LogP contribution in [0.3, 0.4) is 0 Å². The van der Waals surface area contributed by atoms with Gasteiger partial charge in [-0.1, -0.05) is 39.4 Å². The molecule has 0 saturated carbocycles. The molecular weight excluding hydrogens is 192 g/mol. The van der Waals surface area contributed by atoms with Crippen molar-refractivity contribution in [2.75, 3.05) is 0 Å². The van der Waals surface area contributed by atoms with Crippen molar-refractivity contribution < 1.29 is 9.53 Å². The summed E-state index contributed by atoms with van der Waals surface area (Å²) < 4.78 is 5.43. The lowest BCUT2D eigenvalue weighted by Gasteiger charge is -2.22. The first-order valence-electron chi connectivity index (χ1n) is 5.43. The molecule has 1 unspecified atom stereocenters. The van der Waals surface area contributed by atoms with Gasteiger partial charge < -0.3 is 4.74 Å². The fourth-order valence-electron chi connectivity index (χ4n) is 1.57. The van der Waals surface area contributed by atoms with E-state index in [2.05, 4.69) is 27.4 Å². The van der Waals surface area contributed by atoms with Crippen molar-refractivity contribution in [3.05, 3.63) is 12.2 Å². The van der Waals surface area contributed by atoms with Crippen LogP contribution in [-0.2, 0) is 9.53 Å². The van der Waals surface area contributed by atoms with Gasteiger partial charge in [0.25, 0.3) is 0 Å². The van der Waals surface area contributed by atoms with Crippen molar-refractivity contribution in [3.63, 3.8) is 0 Å². The first kappa shape index (κ1) is 13.4. The maximum absolute atomic E-state index is 11.3. The number of carbonyl (C=O) groups is 1. The van der Waals surface area contributed by atoms with Crippen molar-refractivity contribution in [1.82, 2.24) is 0 Å². The van der Waals surface area contributed by atoms with Gasteiger partial charge in [0.05, 0.1) is 14.5 Å². The number of hydrogen-bond donors (Lipinski definition) is 0. The van der Waals surface area contributed by atoms with Crippen molar-refractivity contribution >= 4 is 14.8 Å². The zero-order valence-corrected chi connectivity index (χ0v) is 11.0. The Balaban J connectivity index is 4.27. The first-order chi connectivity index (χ1) is 6.56. The molecule has 0 heterocycles. The molecule has 0 aliphatic heterocycles. The molecule has 0 aromatic carbocycles. The van der Waals surface area contributed by atoms with E-state index in [1.54, 1.807) is 6.92 Å². The minimum Gasteiger partial charge on any atom is -0.463 e. The average Bonchev–Trinajstić information content (AvgIpc) is 2.17. The second kappa shape index (κ2) is 6.82. The summed E-state index contributed by atoms with van der Waals surface area (Å²) in [6.45, 7) is 11.8. The van der Waals surface area contributed by atoms with E-state index in [4.69, 9.17) is 4.74 Å². The molecule has 14 heavy (non-hydrogen) atoms. The Kier molecular flexibility index (Phi) is 6.54. The largest absolute Gasteiger partial charge is 0.463 e. The van der Waals surface area contributed by atoms with Crippen LogP contribution in [0, 0.1) is 0 Å². The van der Waals surface area contributed by atoms with Crippen LogP contribution in [-0.4, -0.2) is 20.5 Å². The average molecular weight is 214 g/mol. The van der Waals surface area contributed by atoms with E-state index in [1.807, 2.05) is 0 Å². The molecule has 0 saturated heterocycles. The van der Waals surface area contributed by atoms with Crippen molar-refractivity contribution in [1.29, 1.82) is 0 Å². The third kappa shape index (κ3) is 4.09. The summed E-state index contributed by atoms with van der Waals surface area (Å²) in [6, 6.07) is 2.39. The minimum absolute atomic E-state index is 0.189. The van der Waals surface area contributed by atoms with Gasteiger partial charge in [0.1, 0.15) is 0 Å². The normalized spacial score (nSPS) is 12.6. The summed E-state index contributed by atoms with van der Waals surface area (Å²) in [5.41, 5.74) is 0.692. The van der Waals surface area contributed by atoms with Crippen molar-refractivity contribution in [2.24, 2.45) is 0 Å². The predicted octanol–water partition coefficient (Wildman–Crippen LogP) is 2.69. The second-order valence-corrected chi connectivity index (χ2v) is 7.61. The number of hydrogen-bond acceptors (Lipinski definition) is 2. The molecule has 2 nitrogen and oxygen atoms in total. The Labute approximate surface area is 89.0 Å². The fourth-order valence-corrected chi connectivity index (χ4v) is 4.18. The highest BCUT2D eigenvalue weighted by Crippen LogP contribution is 2.12. The smallest absolute Gasteiger partial charge is 0.333 e. The van der Waals surface area contributed by atoms with E-state index < -0.39 is 8.80 Å². The monoisotopic (exact) mass is 214 g/mol.